The third-order valence-electron chi connectivity index (χ3n) is 0. The molecule has 0 aromatic heterocycles. The molecule has 0 atom stereocenters. The summed E-state index contributed by atoms with van der Waals surface area (Å²) in [6, 6.07) is 0. The average molecular weight is 515 g/mol. The Kier molecular flexibility index (Phi) is 4.76. The summed E-state index contributed by atoms with van der Waals surface area (Å²) in [5, 5.41) is 0. The Labute approximate surface area is 93.9 Å². The van der Waals surface area contributed by atoms with Crippen molar-refractivity contribution in [2.24, 2.45) is 0 Å². The molecular weight excluding hydrogens is 509 g/mol. The quantitative estimate of drug-likeness (QED) is 0.130. The summed E-state index contributed by atoms with van der Waals surface area (Å²) >= 11 is -17.7. The zero-order valence-corrected chi connectivity index (χ0v) is 11.4. The number of hydrogen-bond donors (Lipinski definition) is 6. The van der Waals surface area contributed by atoms with Gasteiger partial charge >= 0.3 is 77.5 Å². The first kappa shape index (κ1) is 21.8. The number of hydrogen-bond acceptors (Lipinski definition) is 12. The first-order chi connectivity index (χ1) is 4.90. The zero-order valence-electron chi connectivity index (χ0n) is 6.19. The molecule has 0 aromatic rings. The molecule has 107 valence electrons. The van der Waals surface area contributed by atoms with Crippen LogP contribution in [0.25, 0.3) is 0 Å². The van der Waals surface area contributed by atoms with Crippen LogP contribution in [0, 0.1) is 0 Å². The second kappa shape index (κ2) is 3.28. The summed E-state index contributed by atoms with van der Waals surface area (Å²) in [7, 11) is 0. The molecule has 6 N–H and O–H groups in total. The molecule has 0 aliphatic rings. The summed E-state index contributed by atoms with van der Waals surface area (Å²) in [4.78, 5) is 0. The maximum atomic E-state index is 9.00. The van der Waals surface area contributed by atoms with E-state index in [-0.39, 0.29) is 17.1 Å². The molecule has 0 aliphatic heterocycles. The molecule has 0 fully saturated rings. The van der Waals surface area contributed by atoms with Crippen molar-refractivity contribution >= 4 is 0 Å². The summed E-state index contributed by atoms with van der Waals surface area (Å²) in [6.45, 7) is 0. The molecule has 0 saturated carbocycles. The van der Waals surface area contributed by atoms with Gasteiger partial charge in [0.2, 0.25) is 0 Å². The van der Waals surface area contributed by atoms with Crippen molar-refractivity contribution in [3.8, 4) is 0 Å². The fourth-order valence-corrected chi connectivity index (χ4v) is 0. The van der Waals surface area contributed by atoms with Crippen LogP contribution in [0.2, 0.25) is 0 Å². The number of halogens is 2. The molecule has 1 radical (unpaired) electrons. The van der Waals surface area contributed by atoms with Gasteiger partial charge < -0.3 is 0 Å². The maximum absolute atomic E-state index is 9.00. The summed E-state index contributed by atoms with van der Waals surface area (Å²) < 4.78 is 96.4. The van der Waals surface area contributed by atoms with Crippen LogP contribution in [-0.4, -0.2) is 20.6 Å². The molecule has 15 heavy (non-hydrogen) atoms. The first-order valence-corrected chi connectivity index (χ1v) is 13.0. The van der Waals surface area contributed by atoms with Crippen molar-refractivity contribution in [1.29, 1.82) is 0 Å². The Hall–Kier alpha value is 1.50. The van der Waals surface area contributed by atoms with Crippen molar-refractivity contribution in [3.05, 3.63) is 0 Å². The Morgan fingerprint density at radius 1 is 0.467 bits per heavy atom. The normalized spacial score (nSPS) is 21.6. The standard InChI is InChI=1S/Cu.2H3IO6/c;2*2-1(3,4,5,6)7/h;2*2-4H/q;2*-2. The first-order valence-electron chi connectivity index (χ1n) is 1.94. The average Bonchev–Trinajstić information content (AvgIpc) is 0.938. The SMILES string of the molecule is [Cu].[O-][I+]([O-])([O-])(O)(O)O.[O-][I+]([O-])([O-])(O)(O)O. The minimum atomic E-state index is -8.87. The van der Waals surface area contributed by atoms with Gasteiger partial charge in [0.05, 0.1) is 0 Å². The van der Waals surface area contributed by atoms with Crippen LogP contribution >= 0.6 is 0 Å². The van der Waals surface area contributed by atoms with E-state index < -0.39 is 36.3 Å². The minimum absolute atomic E-state index is 0. The van der Waals surface area contributed by atoms with Crippen molar-refractivity contribution in [2.75, 3.05) is 0 Å². The molecule has 0 heterocycles. The molecule has 0 rings (SSSR count). The van der Waals surface area contributed by atoms with Crippen molar-refractivity contribution < 1.29 is 94.6 Å². The van der Waals surface area contributed by atoms with Gasteiger partial charge in [-0.2, -0.15) is 0 Å². The van der Waals surface area contributed by atoms with Gasteiger partial charge in [0.1, 0.15) is 0 Å². The monoisotopic (exact) mass is 515 g/mol. The molecule has 15 heteroatoms. The molecule has 0 spiro atoms. The van der Waals surface area contributed by atoms with Crippen LogP contribution < -0.4 is 56.9 Å². The van der Waals surface area contributed by atoms with Crippen LogP contribution in [0.5, 0.6) is 0 Å². The van der Waals surface area contributed by atoms with Gasteiger partial charge in [-0.25, -0.2) is 0 Å². The van der Waals surface area contributed by atoms with E-state index in [1.165, 1.54) is 0 Å². The Morgan fingerprint density at radius 3 is 0.467 bits per heavy atom. The van der Waals surface area contributed by atoms with E-state index >= 15 is 0 Å². The van der Waals surface area contributed by atoms with Gasteiger partial charge in [-0.05, 0) is 0 Å². The van der Waals surface area contributed by atoms with Gasteiger partial charge in [-0.15, -0.1) is 0 Å². The van der Waals surface area contributed by atoms with E-state index in [1.54, 1.807) is 0 Å². The summed E-state index contributed by atoms with van der Waals surface area (Å²) in [6.07, 6.45) is 0. The number of rotatable bonds is 0. The summed E-state index contributed by atoms with van der Waals surface area (Å²) in [5.41, 5.74) is 0. The van der Waals surface area contributed by atoms with E-state index in [0.29, 0.717) is 0 Å². The molecule has 0 unspecified atom stereocenters. The van der Waals surface area contributed by atoms with Gasteiger partial charge in [0.15, 0.2) is 0 Å². The van der Waals surface area contributed by atoms with Gasteiger partial charge in [0, 0.05) is 17.1 Å². The van der Waals surface area contributed by atoms with E-state index in [1.807, 2.05) is 0 Å². The molecular formula is H6CuI2O12-4. The van der Waals surface area contributed by atoms with Gasteiger partial charge in [-0.1, -0.05) is 0 Å². The summed E-state index contributed by atoms with van der Waals surface area (Å²) in [5.74, 6) is 0. The molecule has 0 saturated heterocycles. The van der Waals surface area contributed by atoms with Crippen molar-refractivity contribution in [3.63, 3.8) is 0 Å². The second-order valence-electron chi connectivity index (χ2n) is 2.07. The van der Waals surface area contributed by atoms with Crippen LogP contribution in [-0.2, 0) is 17.1 Å². The van der Waals surface area contributed by atoms with Gasteiger partial charge in [-0.3, -0.25) is 0 Å². The van der Waals surface area contributed by atoms with E-state index in [9.17, 15) is 0 Å². The van der Waals surface area contributed by atoms with Crippen LogP contribution in [0.4, 0.5) is 0 Å². The zero-order chi connectivity index (χ0) is 12.8. The Bertz CT molecular complexity index is 161. The van der Waals surface area contributed by atoms with Crippen molar-refractivity contribution in [1.82, 2.24) is 0 Å². The fourth-order valence-electron chi connectivity index (χ4n) is 0. The molecule has 0 aromatic carbocycles. The van der Waals surface area contributed by atoms with Crippen LogP contribution in [0.3, 0.4) is 0 Å². The predicted molar refractivity (Wildman–Crippen MR) is 13.3 cm³/mol. The molecule has 0 aliphatic carbocycles. The molecule has 0 amide bonds. The van der Waals surface area contributed by atoms with E-state index in [4.69, 9.17) is 41.2 Å². The molecule has 0 bridgehead atoms. The van der Waals surface area contributed by atoms with Crippen LogP contribution in [0.1, 0.15) is 0 Å². The third kappa shape index (κ3) is 1260. The fraction of sp³-hybridized carbons (Fsp3) is 0. The third-order valence-corrected chi connectivity index (χ3v) is 0. The van der Waals surface area contributed by atoms with Crippen molar-refractivity contribution in [2.45, 2.75) is 0 Å². The predicted octanol–water partition coefficient (Wildman–Crippen LogP) is -16.5. The topological polar surface area (TPSA) is 260 Å². The van der Waals surface area contributed by atoms with Gasteiger partial charge in [0.25, 0.3) is 0 Å². The van der Waals surface area contributed by atoms with Crippen LogP contribution in [0.15, 0.2) is 0 Å². The Morgan fingerprint density at radius 2 is 0.467 bits per heavy atom. The van der Waals surface area contributed by atoms with E-state index in [2.05, 4.69) is 0 Å². The Balaban J connectivity index is -0.000000180. The molecule has 12 nitrogen and oxygen atoms in total. The second-order valence-corrected chi connectivity index (χ2v) is 13.9. The van der Waals surface area contributed by atoms with E-state index in [0.717, 1.165) is 0 Å².